The Bertz CT molecular complexity index is 1220. The highest BCUT2D eigenvalue weighted by molar-refractivity contribution is 5.99. The number of carbonyl (C=O) groups is 1. The van der Waals surface area contributed by atoms with Crippen LogP contribution in [-0.2, 0) is 0 Å². The SMILES string of the molecule is Cc1cccc(NC(=O)Nc2ccc(Oc3cc(-n4nc(C)cc4C)ncn3)cc2)c1. The summed E-state index contributed by atoms with van der Waals surface area (Å²) in [4.78, 5) is 20.6. The third kappa shape index (κ3) is 5.05. The maximum absolute atomic E-state index is 12.2. The van der Waals surface area contributed by atoms with Crippen molar-refractivity contribution in [3.8, 4) is 17.4 Å². The van der Waals surface area contributed by atoms with Gasteiger partial charge in [-0.05, 0) is 68.8 Å². The number of amides is 2. The summed E-state index contributed by atoms with van der Waals surface area (Å²) < 4.78 is 7.58. The van der Waals surface area contributed by atoms with Crippen molar-refractivity contribution in [1.82, 2.24) is 19.7 Å². The van der Waals surface area contributed by atoms with Crippen molar-refractivity contribution in [2.24, 2.45) is 0 Å². The first-order valence-electron chi connectivity index (χ1n) is 9.74. The fourth-order valence-electron chi connectivity index (χ4n) is 3.11. The second-order valence-electron chi connectivity index (χ2n) is 7.13. The number of benzene rings is 2. The molecular weight excluding hydrogens is 392 g/mol. The first-order valence-corrected chi connectivity index (χ1v) is 9.74. The second-order valence-corrected chi connectivity index (χ2v) is 7.13. The minimum atomic E-state index is -0.315. The molecule has 0 radical (unpaired) electrons. The Morgan fingerprint density at radius 3 is 2.39 bits per heavy atom. The summed E-state index contributed by atoms with van der Waals surface area (Å²) in [6.45, 7) is 5.86. The van der Waals surface area contributed by atoms with Gasteiger partial charge in [-0.15, -0.1) is 0 Å². The summed E-state index contributed by atoms with van der Waals surface area (Å²) in [6, 6.07) is 18.0. The van der Waals surface area contributed by atoms with Gasteiger partial charge in [0.05, 0.1) is 5.69 Å². The van der Waals surface area contributed by atoms with Gasteiger partial charge >= 0.3 is 6.03 Å². The molecule has 0 aliphatic rings. The van der Waals surface area contributed by atoms with Gasteiger partial charge in [0.25, 0.3) is 0 Å². The van der Waals surface area contributed by atoms with E-state index in [1.165, 1.54) is 6.33 Å². The molecule has 0 fully saturated rings. The third-order valence-corrected chi connectivity index (χ3v) is 4.46. The normalized spacial score (nSPS) is 10.5. The fraction of sp³-hybridized carbons (Fsp3) is 0.130. The van der Waals surface area contributed by atoms with E-state index in [1.807, 2.05) is 51.1 Å². The Balaban J connectivity index is 1.40. The van der Waals surface area contributed by atoms with Crippen molar-refractivity contribution < 1.29 is 9.53 Å². The molecule has 0 aliphatic heterocycles. The Hall–Kier alpha value is -4.20. The van der Waals surface area contributed by atoms with E-state index in [0.717, 1.165) is 22.6 Å². The standard InChI is InChI=1S/C23H22N6O2/c1-15-5-4-6-19(11-15)27-23(30)26-18-7-9-20(10-8-18)31-22-13-21(24-14-25-22)29-17(3)12-16(2)28-29/h4-14H,1-3H3,(H2,26,27,30). The smallest absolute Gasteiger partial charge is 0.323 e. The first kappa shape index (κ1) is 20.1. The van der Waals surface area contributed by atoms with Gasteiger partial charge in [-0.2, -0.15) is 5.10 Å². The molecule has 2 aromatic carbocycles. The third-order valence-electron chi connectivity index (χ3n) is 4.46. The van der Waals surface area contributed by atoms with Crippen LogP contribution in [0, 0.1) is 20.8 Å². The molecule has 4 aromatic rings. The quantitative estimate of drug-likeness (QED) is 0.478. The largest absolute Gasteiger partial charge is 0.439 e. The Labute approximate surface area is 179 Å². The molecule has 0 saturated carbocycles. The van der Waals surface area contributed by atoms with E-state index < -0.39 is 0 Å². The van der Waals surface area contributed by atoms with Gasteiger partial charge in [-0.3, -0.25) is 0 Å². The van der Waals surface area contributed by atoms with Crippen molar-refractivity contribution in [2.45, 2.75) is 20.8 Å². The molecule has 0 spiro atoms. The molecule has 0 aliphatic carbocycles. The van der Waals surface area contributed by atoms with Crippen molar-refractivity contribution in [3.05, 3.63) is 83.9 Å². The molecule has 0 unspecified atom stereocenters. The van der Waals surface area contributed by atoms with Gasteiger partial charge in [0.1, 0.15) is 12.1 Å². The van der Waals surface area contributed by atoms with E-state index in [0.29, 0.717) is 23.1 Å². The van der Waals surface area contributed by atoms with Crippen LogP contribution >= 0.6 is 0 Å². The monoisotopic (exact) mass is 414 g/mol. The molecular formula is C23H22N6O2. The van der Waals surface area contributed by atoms with Crippen molar-refractivity contribution in [1.29, 1.82) is 0 Å². The van der Waals surface area contributed by atoms with Gasteiger partial charge in [-0.1, -0.05) is 12.1 Å². The minimum absolute atomic E-state index is 0.315. The van der Waals surface area contributed by atoms with Crippen LogP contribution in [0.4, 0.5) is 16.2 Å². The molecule has 0 bridgehead atoms. The van der Waals surface area contributed by atoms with Crippen LogP contribution < -0.4 is 15.4 Å². The van der Waals surface area contributed by atoms with Crippen molar-refractivity contribution in [3.63, 3.8) is 0 Å². The van der Waals surface area contributed by atoms with E-state index in [4.69, 9.17) is 4.74 Å². The highest BCUT2D eigenvalue weighted by atomic mass is 16.5. The highest BCUT2D eigenvalue weighted by Crippen LogP contribution is 2.23. The number of urea groups is 1. The zero-order valence-corrected chi connectivity index (χ0v) is 17.5. The lowest BCUT2D eigenvalue weighted by atomic mass is 10.2. The average Bonchev–Trinajstić information content (AvgIpc) is 3.08. The molecule has 2 heterocycles. The lowest BCUT2D eigenvalue weighted by molar-refractivity contribution is 0.262. The number of rotatable bonds is 5. The number of nitrogens with zero attached hydrogens (tertiary/aromatic N) is 4. The predicted octanol–water partition coefficient (Wildman–Crippen LogP) is 5.02. The zero-order chi connectivity index (χ0) is 21.8. The number of aromatic nitrogens is 4. The molecule has 2 N–H and O–H groups in total. The Morgan fingerprint density at radius 1 is 0.903 bits per heavy atom. The van der Waals surface area contributed by atoms with E-state index >= 15 is 0 Å². The van der Waals surface area contributed by atoms with Gasteiger partial charge in [0, 0.05) is 23.1 Å². The summed E-state index contributed by atoms with van der Waals surface area (Å²) >= 11 is 0. The number of anilines is 2. The molecule has 2 aromatic heterocycles. The van der Waals surface area contributed by atoms with E-state index in [9.17, 15) is 4.79 Å². The van der Waals surface area contributed by atoms with Gasteiger partial charge in [0.15, 0.2) is 5.82 Å². The zero-order valence-electron chi connectivity index (χ0n) is 17.5. The number of nitrogens with one attached hydrogen (secondary N) is 2. The van der Waals surface area contributed by atoms with Gasteiger partial charge in [-0.25, -0.2) is 19.4 Å². The van der Waals surface area contributed by atoms with Crippen LogP contribution in [0.15, 0.2) is 67.0 Å². The molecule has 4 rings (SSSR count). The molecule has 31 heavy (non-hydrogen) atoms. The van der Waals surface area contributed by atoms with Crippen molar-refractivity contribution in [2.75, 3.05) is 10.6 Å². The van der Waals surface area contributed by atoms with Gasteiger partial charge < -0.3 is 15.4 Å². The molecule has 8 heteroatoms. The van der Waals surface area contributed by atoms with E-state index in [1.54, 1.807) is 35.0 Å². The van der Waals surface area contributed by atoms with Crippen LogP contribution in [0.1, 0.15) is 17.0 Å². The lowest BCUT2D eigenvalue weighted by Crippen LogP contribution is -2.19. The Kier molecular flexibility index (Phi) is 5.61. The van der Waals surface area contributed by atoms with Crippen LogP contribution in [0.3, 0.4) is 0 Å². The molecule has 0 saturated heterocycles. The summed E-state index contributed by atoms with van der Waals surface area (Å²) in [6.07, 6.45) is 1.44. The predicted molar refractivity (Wildman–Crippen MR) is 119 cm³/mol. The van der Waals surface area contributed by atoms with Crippen LogP contribution in [0.5, 0.6) is 11.6 Å². The fourth-order valence-corrected chi connectivity index (χ4v) is 3.11. The number of carbonyl (C=O) groups excluding carboxylic acids is 1. The lowest BCUT2D eigenvalue weighted by Gasteiger charge is -2.10. The minimum Gasteiger partial charge on any atom is -0.439 e. The van der Waals surface area contributed by atoms with E-state index in [-0.39, 0.29) is 6.03 Å². The topological polar surface area (TPSA) is 94.0 Å². The van der Waals surface area contributed by atoms with E-state index in [2.05, 4.69) is 25.7 Å². The number of hydrogen-bond donors (Lipinski definition) is 2. The summed E-state index contributed by atoms with van der Waals surface area (Å²) in [7, 11) is 0. The molecule has 0 atom stereocenters. The first-order chi connectivity index (χ1) is 15.0. The van der Waals surface area contributed by atoms with Crippen LogP contribution in [-0.4, -0.2) is 25.8 Å². The van der Waals surface area contributed by atoms with Gasteiger partial charge in [0.2, 0.25) is 5.88 Å². The summed E-state index contributed by atoms with van der Waals surface area (Å²) in [5, 5.41) is 10.0. The highest BCUT2D eigenvalue weighted by Gasteiger charge is 2.08. The average molecular weight is 414 g/mol. The summed E-state index contributed by atoms with van der Waals surface area (Å²) in [5.74, 6) is 1.61. The number of ether oxygens (including phenoxy) is 1. The molecule has 156 valence electrons. The molecule has 2 amide bonds. The number of aryl methyl sites for hydroxylation is 3. The maximum atomic E-state index is 12.2. The maximum Gasteiger partial charge on any atom is 0.323 e. The van der Waals surface area contributed by atoms with Crippen molar-refractivity contribution >= 4 is 17.4 Å². The summed E-state index contributed by atoms with van der Waals surface area (Å²) in [5.41, 5.74) is 4.34. The number of hydrogen-bond acceptors (Lipinski definition) is 5. The second kappa shape index (κ2) is 8.66. The Morgan fingerprint density at radius 2 is 1.68 bits per heavy atom. The van der Waals surface area contributed by atoms with Crippen LogP contribution in [0.2, 0.25) is 0 Å². The molecule has 8 nitrogen and oxygen atoms in total. The van der Waals surface area contributed by atoms with Crippen LogP contribution in [0.25, 0.3) is 5.82 Å².